The van der Waals surface area contributed by atoms with E-state index in [4.69, 9.17) is 5.73 Å². The van der Waals surface area contributed by atoms with Gasteiger partial charge in [0.25, 0.3) is 0 Å². The SMILES string of the molecule is CC(C)C[C@H](CN)CC(=O)NCc1nncn1C. The number of carbonyl (C=O) groups excluding carboxylic acids is 1. The second-order valence-corrected chi connectivity index (χ2v) is 5.07. The third-order valence-corrected chi connectivity index (χ3v) is 2.86. The fraction of sp³-hybridized carbons (Fsp3) is 0.750. The average Bonchev–Trinajstić information content (AvgIpc) is 2.70. The second kappa shape index (κ2) is 7.10. The lowest BCUT2D eigenvalue weighted by molar-refractivity contribution is -0.122. The predicted octanol–water partition coefficient (Wildman–Crippen LogP) is 0.442. The summed E-state index contributed by atoms with van der Waals surface area (Å²) in [5, 5.41) is 10.5. The molecule has 0 bridgehead atoms. The molecule has 3 N–H and O–H groups in total. The minimum atomic E-state index is 0.0223. The van der Waals surface area contributed by atoms with Gasteiger partial charge < -0.3 is 15.6 Å². The Hall–Kier alpha value is -1.43. The fourth-order valence-corrected chi connectivity index (χ4v) is 1.91. The van der Waals surface area contributed by atoms with Crippen LogP contribution in [0.3, 0.4) is 0 Å². The molecule has 0 fully saturated rings. The number of aromatic nitrogens is 3. The molecule has 1 aromatic rings. The van der Waals surface area contributed by atoms with Crippen molar-refractivity contribution in [3.63, 3.8) is 0 Å². The molecule has 0 aromatic carbocycles. The number of nitrogens with two attached hydrogens (primary N) is 1. The largest absolute Gasteiger partial charge is 0.349 e. The van der Waals surface area contributed by atoms with Crippen molar-refractivity contribution < 1.29 is 4.79 Å². The van der Waals surface area contributed by atoms with Crippen LogP contribution in [0.25, 0.3) is 0 Å². The summed E-state index contributed by atoms with van der Waals surface area (Å²) >= 11 is 0. The molecular weight excluding hydrogens is 230 g/mol. The summed E-state index contributed by atoms with van der Waals surface area (Å²) in [6.45, 7) is 5.24. The molecule has 1 amide bonds. The van der Waals surface area contributed by atoms with E-state index in [2.05, 4.69) is 29.4 Å². The van der Waals surface area contributed by atoms with Crippen LogP contribution < -0.4 is 11.1 Å². The molecule has 0 aliphatic carbocycles. The Balaban J connectivity index is 2.34. The standard InChI is InChI=1S/C12H23N5O/c1-9(2)4-10(6-13)5-12(18)14-7-11-16-15-8-17(11)3/h8-10H,4-7,13H2,1-3H3,(H,14,18)/t10-/m0/s1. The van der Waals surface area contributed by atoms with E-state index >= 15 is 0 Å². The minimum absolute atomic E-state index is 0.0223. The van der Waals surface area contributed by atoms with E-state index < -0.39 is 0 Å². The molecule has 0 saturated heterocycles. The molecule has 0 saturated carbocycles. The lowest BCUT2D eigenvalue weighted by Crippen LogP contribution is -2.29. The quantitative estimate of drug-likeness (QED) is 0.738. The van der Waals surface area contributed by atoms with Crippen LogP contribution in [0.15, 0.2) is 6.33 Å². The summed E-state index contributed by atoms with van der Waals surface area (Å²) in [7, 11) is 1.85. The van der Waals surface area contributed by atoms with Crippen LogP contribution in [0.4, 0.5) is 0 Å². The summed E-state index contributed by atoms with van der Waals surface area (Å²) in [5.41, 5.74) is 5.68. The molecule has 0 aliphatic rings. The van der Waals surface area contributed by atoms with Crippen molar-refractivity contribution >= 4 is 5.91 Å². The molecule has 6 heteroatoms. The van der Waals surface area contributed by atoms with Gasteiger partial charge in [0.2, 0.25) is 5.91 Å². The Morgan fingerprint density at radius 2 is 2.28 bits per heavy atom. The fourth-order valence-electron chi connectivity index (χ4n) is 1.91. The number of aryl methyl sites for hydroxylation is 1. The monoisotopic (exact) mass is 253 g/mol. The van der Waals surface area contributed by atoms with Gasteiger partial charge in [-0.25, -0.2) is 0 Å². The minimum Gasteiger partial charge on any atom is -0.349 e. The predicted molar refractivity (Wildman–Crippen MR) is 69.5 cm³/mol. The molecule has 1 aromatic heterocycles. The van der Waals surface area contributed by atoms with Gasteiger partial charge in [-0.2, -0.15) is 0 Å². The van der Waals surface area contributed by atoms with Gasteiger partial charge in [-0.1, -0.05) is 13.8 Å². The van der Waals surface area contributed by atoms with Crippen LogP contribution >= 0.6 is 0 Å². The summed E-state index contributed by atoms with van der Waals surface area (Å²) < 4.78 is 1.79. The van der Waals surface area contributed by atoms with Gasteiger partial charge in [-0.15, -0.1) is 10.2 Å². The van der Waals surface area contributed by atoms with Crippen LogP contribution in [-0.2, 0) is 18.4 Å². The van der Waals surface area contributed by atoms with Crippen LogP contribution in [0.2, 0.25) is 0 Å². The first-order chi connectivity index (χ1) is 8.52. The number of amides is 1. The van der Waals surface area contributed by atoms with Crippen molar-refractivity contribution in [2.75, 3.05) is 6.54 Å². The van der Waals surface area contributed by atoms with Gasteiger partial charge in [-0.05, 0) is 24.8 Å². The number of carbonyl (C=O) groups is 1. The second-order valence-electron chi connectivity index (χ2n) is 5.07. The van der Waals surface area contributed by atoms with E-state index in [0.29, 0.717) is 25.4 Å². The Morgan fingerprint density at radius 1 is 1.56 bits per heavy atom. The zero-order chi connectivity index (χ0) is 13.5. The van der Waals surface area contributed by atoms with Crippen molar-refractivity contribution in [1.29, 1.82) is 0 Å². The molecule has 6 nitrogen and oxygen atoms in total. The Bertz CT molecular complexity index is 374. The van der Waals surface area contributed by atoms with E-state index in [0.717, 1.165) is 12.2 Å². The molecule has 0 spiro atoms. The summed E-state index contributed by atoms with van der Waals surface area (Å²) in [6, 6.07) is 0. The third-order valence-electron chi connectivity index (χ3n) is 2.86. The highest BCUT2D eigenvalue weighted by molar-refractivity contribution is 5.76. The zero-order valence-corrected chi connectivity index (χ0v) is 11.4. The molecule has 0 radical (unpaired) electrons. The highest BCUT2D eigenvalue weighted by atomic mass is 16.1. The first-order valence-electron chi connectivity index (χ1n) is 6.32. The van der Waals surface area contributed by atoms with E-state index in [1.54, 1.807) is 10.9 Å². The van der Waals surface area contributed by atoms with Crippen molar-refractivity contribution in [3.8, 4) is 0 Å². The molecule has 18 heavy (non-hydrogen) atoms. The lowest BCUT2D eigenvalue weighted by Gasteiger charge is -2.16. The van der Waals surface area contributed by atoms with Crippen molar-refractivity contribution in [3.05, 3.63) is 12.2 Å². The van der Waals surface area contributed by atoms with E-state index in [-0.39, 0.29) is 11.8 Å². The van der Waals surface area contributed by atoms with E-state index in [1.165, 1.54) is 0 Å². The normalized spacial score (nSPS) is 12.7. The molecule has 102 valence electrons. The molecule has 1 rings (SSSR count). The van der Waals surface area contributed by atoms with Gasteiger partial charge in [-0.3, -0.25) is 4.79 Å². The van der Waals surface area contributed by atoms with E-state index in [1.807, 2.05) is 7.05 Å². The topological polar surface area (TPSA) is 85.8 Å². The van der Waals surface area contributed by atoms with Crippen LogP contribution in [0.5, 0.6) is 0 Å². The molecule has 0 unspecified atom stereocenters. The molecule has 1 heterocycles. The Morgan fingerprint density at radius 3 is 2.78 bits per heavy atom. The third kappa shape index (κ3) is 4.83. The van der Waals surface area contributed by atoms with Gasteiger partial charge in [0.1, 0.15) is 6.33 Å². The molecule has 1 atom stereocenters. The van der Waals surface area contributed by atoms with Crippen molar-refractivity contribution in [1.82, 2.24) is 20.1 Å². The number of rotatable bonds is 7. The van der Waals surface area contributed by atoms with Crippen molar-refractivity contribution in [2.24, 2.45) is 24.6 Å². The highest BCUT2D eigenvalue weighted by Crippen LogP contribution is 2.13. The zero-order valence-electron chi connectivity index (χ0n) is 11.4. The maximum Gasteiger partial charge on any atom is 0.220 e. The number of hydrogen-bond donors (Lipinski definition) is 2. The Kier molecular flexibility index (Phi) is 5.77. The smallest absolute Gasteiger partial charge is 0.220 e. The van der Waals surface area contributed by atoms with E-state index in [9.17, 15) is 4.79 Å². The van der Waals surface area contributed by atoms with Crippen LogP contribution in [-0.4, -0.2) is 27.2 Å². The molecule has 0 aliphatic heterocycles. The van der Waals surface area contributed by atoms with Gasteiger partial charge in [0.05, 0.1) is 6.54 Å². The highest BCUT2D eigenvalue weighted by Gasteiger charge is 2.14. The average molecular weight is 253 g/mol. The number of nitrogens with one attached hydrogen (secondary N) is 1. The van der Waals surface area contributed by atoms with Gasteiger partial charge in [0, 0.05) is 13.5 Å². The van der Waals surface area contributed by atoms with Gasteiger partial charge in [0.15, 0.2) is 5.82 Å². The van der Waals surface area contributed by atoms with Crippen LogP contribution in [0.1, 0.15) is 32.5 Å². The Labute approximate surface area is 108 Å². The summed E-state index contributed by atoms with van der Waals surface area (Å²) in [6.07, 6.45) is 3.07. The summed E-state index contributed by atoms with van der Waals surface area (Å²) in [5.74, 6) is 1.58. The maximum atomic E-state index is 11.8. The first kappa shape index (κ1) is 14.6. The van der Waals surface area contributed by atoms with Crippen LogP contribution in [0, 0.1) is 11.8 Å². The lowest BCUT2D eigenvalue weighted by atomic mass is 9.94. The van der Waals surface area contributed by atoms with Crippen molar-refractivity contribution in [2.45, 2.75) is 33.2 Å². The first-order valence-corrected chi connectivity index (χ1v) is 6.32. The summed E-state index contributed by atoms with van der Waals surface area (Å²) in [4.78, 5) is 11.8. The number of hydrogen-bond acceptors (Lipinski definition) is 4. The molecular formula is C12H23N5O. The number of nitrogens with zero attached hydrogens (tertiary/aromatic N) is 3. The maximum absolute atomic E-state index is 11.8. The van der Waals surface area contributed by atoms with Gasteiger partial charge >= 0.3 is 0 Å².